The van der Waals surface area contributed by atoms with Crippen molar-refractivity contribution in [2.24, 2.45) is 7.05 Å². The van der Waals surface area contributed by atoms with Gasteiger partial charge in [0.2, 0.25) is 0 Å². The molecule has 0 radical (unpaired) electrons. The number of imidazole rings is 1. The second kappa shape index (κ2) is 7.54. The van der Waals surface area contributed by atoms with Crippen molar-refractivity contribution in [3.05, 3.63) is 112 Å². The normalized spacial score (nSPS) is 17.2. The number of aromatic nitrogens is 3. The number of nitrogens with zero attached hydrogens (tertiary/aromatic N) is 3. The summed E-state index contributed by atoms with van der Waals surface area (Å²) in [4.78, 5) is 8.76. The van der Waals surface area contributed by atoms with Crippen LogP contribution in [0.3, 0.4) is 0 Å². The van der Waals surface area contributed by atoms with Crippen molar-refractivity contribution in [1.82, 2.24) is 14.5 Å². The molecule has 1 atom stereocenters. The molecule has 0 amide bonds. The van der Waals surface area contributed by atoms with Gasteiger partial charge in [-0.15, -0.1) is 0 Å². The summed E-state index contributed by atoms with van der Waals surface area (Å²) >= 11 is 3.65. The van der Waals surface area contributed by atoms with Gasteiger partial charge in [0.15, 0.2) is 5.60 Å². The number of rotatable bonds is 1. The van der Waals surface area contributed by atoms with Gasteiger partial charge in [0.25, 0.3) is 0 Å². The Bertz CT molecular complexity index is 1530. The van der Waals surface area contributed by atoms with Crippen molar-refractivity contribution < 1.29 is 9.84 Å². The van der Waals surface area contributed by atoms with E-state index in [9.17, 15) is 5.11 Å². The Balaban J connectivity index is 1.73. The minimum Gasteiger partial charge on any atom is -0.489 e. The van der Waals surface area contributed by atoms with Gasteiger partial charge in [0.05, 0.1) is 18.2 Å². The molecule has 1 aliphatic heterocycles. The summed E-state index contributed by atoms with van der Waals surface area (Å²) < 4.78 is 8.95. The summed E-state index contributed by atoms with van der Waals surface area (Å²) in [7, 11) is 1.89. The zero-order valence-corrected chi connectivity index (χ0v) is 19.5. The maximum absolute atomic E-state index is 12.4. The van der Waals surface area contributed by atoms with Crippen LogP contribution in [0.15, 0.2) is 90.1 Å². The molecule has 2 aromatic heterocycles. The van der Waals surface area contributed by atoms with Crippen molar-refractivity contribution in [3.63, 3.8) is 0 Å². The molecule has 162 valence electrons. The first-order valence-electron chi connectivity index (χ1n) is 10.6. The van der Waals surface area contributed by atoms with Crippen LogP contribution in [0.25, 0.3) is 21.9 Å². The third kappa shape index (κ3) is 3.17. The second-order valence-corrected chi connectivity index (χ2v) is 9.20. The average molecular weight is 498 g/mol. The quantitative estimate of drug-likeness (QED) is 0.328. The number of hydrogen-bond acceptors (Lipinski definition) is 4. The van der Waals surface area contributed by atoms with Gasteiger partial charge in [-0.05, 0) is 52.4 Å². The second-order valence-electron chi connectivity index (χ2n) is 8.35. The van der Waals surface area contributed by atoms with Gasteiger partial charge in [-0.2, -0.15) is 0 Å². The molecule has 1 unspecified atom stereocenters. The van der Waals surface area contributed by atoms with E-state index >= 15 is 0 Å². The Morgan fingerprint density at radius 3 is 2.67 bits per heavy atom. The lowest BCUT2D eigenvalue weighted by molar-refractivity contribution is 0.117. The van der Waals surface area contributed by atoms with Crippen LogP contribution < -0.4 is 4.74 Å². The monoisotopic (exact) mass is 497 g/mol. The van der Waals surface area contributed by atoms with Gasteiger partial charge >= 0.3 is 0 Å². The fraction of sp³-hybridized carbons (Fsp3) is 0.111. The number of hydrogen-bond donors (Lipinski definition) is 1. The third-order valence-corrected chi connectivity index (χ3v) is 7.14. The van der Waals surface area contributed by atoms with Gasteiger partial charge in [-0.1, -0.05) is 46.3 Å². The van der Waals surface area contributed by atoms with Gasteiger partial charge < -0.3 is 14.4 Å². The standard InChI is InChI=1S/C27H20BrN3O2/c1-31-16-30-14-26(31)27(32)20-7-8-25(28)19(9-20)15-33-22-4-2-3-17(10-22)24-13-29-12-18-5-6-21(27)11-23(18)24/h2-14,16,32H,15H2,1H3. The Morgan fingerprint density at radius 1 is 0.970 bits per heavy atom. The zero-order chi connectivity index (χ0) is 22.6. The molecule has 6 rings (SSSR count). The number of ether oxygens (including phenoxy) is 1. The van der Waals surface area contributed by atoms with Gasteiger partial charge in [-0.3, -0.25) is 4.98 Å². The first kappa shape index (κ1) is 20.1. The number of aliphatic hydroxyl groups is 1. The Kier molecular flexibility index (Phi) is 4.60. The van der Waals surface area contributed by atoms with Crippen LogP contribution in [-0.2, 0) is 19.3 Å². The average Bonchev–Trinajstić information content (AvgIpc) is 3.28. The maximum atomic E-state index is 12.4. The molecule has 33 heavy (non-hydrogen) atoms. The molecule has 5 aromatic rings. The van der Waals surface area contributed by atoms with E-state index in [4.69, 9.17) is 4.74 Å². The molecule has 0 spiro atoms. The third-order valence-electron chi connectivity index (χ3n) is 6.37. The lowest BCUT2D eigenvalue weighted by Crippen LogP contribution is -2.31. The highest BCUT2D eigenvalue weighted by atomic mass is 79.9. The van der Waals surface area contributed by atoms with Gasteiger partial charge in [-0.25, -0.2) is 4.98 Å². The number of aryl methyl sites for hydroxylation is 1. The summed E-state index contributed by atoms with van der Waals surface area (Å²) in [5.74, 6) is 0.777. The highest BCUT2D eigenvalue weighted by Crippen LogP contribution is 2.41. The van der Waals surface area contributed by atoms with Crippen molar-refractivity contribution >= 4 is 26.7 Å². The minimum atomic E-state index is -1.41. The smallest absolute Gasteiger partial charge is 0.156 e. The molecule has 0 saturated heterocycles. The Hall–Kier alpha value is -3.48. The van der Waals surface area contributed by atoms with E-state index in [1.165, 1.54) is 0 Å². The molecule has 6 bridgehead atoms. The van der Waals surface area contributed by atoms with Crippen LogP contribution in [0.4, 0.5) is 0 Å². The molecule has 5 nitrogen and oxygen atoms in total. The molecule has 3 heterocycles. The summed E-state index contributed by atoms with van der Waals surface area (Å²) in [6.07, 6.45) is 7.14. The number of pyridine rings is 1. The lowest BCUT2D eigenvalue weighted by Gasteiger charge is -2.30. The Morgan fingerprint density at radius 2 is 1.82 bits per heavy atom. The molecule has 0 fully saturated rings. The highest BCUT2D eigenvalue weighted by molar-refractivity contribution is 9.10. The molecule has 6 heteroatoms. The van der Waals surface area contributed by atoms with E-state index in [0.717, 1.165) is 48.8 Å². The maximum Gasteiger partial charge on any atom is 0.156 e. The first-order valence-corrected chi connectivity index (χ1v) is 11.4. The molecule has 0 saturated carbocycles. The van der Waals surface area contributed by atoms with Crippen LogP contribution in [0.1, 0.15) is 22.4 Å². The summed E-state index contributed by atoms with van der Waals surface area (Å²) in [6, 6.07) is 20.0. The van der Waals surface area contributed by atoms with Crippen LogP contribution in [0.2, 0.25) is 0 Å². The summed E-state index contributed by atoms with van der Waals surface area (Å²) in [5, 5.41) is 14.4. The molecule has 1 N–H and O–H groups in total. The first-order chi connectivity index (χ1) is 16.0. The molecule has 1 aliphatic rings. The van der Waals surface area contributed by atoms with Crippen LogP contribution >= 0.6 is 15.9 Å². The SMILES string of the molecule is Cn1cncc1C1(O)c2ccc(Br)c(c2)COc2cccc(c2)-c2cncc3ccc1cc23. The fourth-order valence-corrected chi connectivity index (χ4v) is 4.97. The lowest BCUT2D eigenvalue weighted by atomic mass is 9.82. The van der Waals surface area contributed by atoms with Gasteiger partial charge in [0.1, 0.15) is 12.4 Å². The van der Waals surface area contributed by atoms with E-state index < -0.39 is 5.60 Å². The molecular weight excluding hydrogens is 478 g/mol. The largest absolute Gasteiger partial charge is 0.489 e. The van der Waals surface area contributed by atoms with Crippen LogP contribution in [-0.4, -0.2) is 19.6 Å². The predicted molar refractivity (Wildman–Crippen MR) is 131 cm³/mol. The fourth-order valence-electron chi connectivity index (χ4n) is 4.61. The van der Waals surface area contributed by atoms with Crippen molar-refractivity contribution in [2.45, 2.75) is 12.2 Å². The molecular formula is C27H20BrN3O2. The number of benzene rings is 3. The predicted octanol–water partition coefficient (Wildman–Crippen LogP) is 5.57. The zero-order valence-electron chi connectivity index (χ0n) is 17.9. The van der Waals surface area contributed by atoms with Crippen LogP contribution in [0, 0.1) is 0 Å². The summed E-state index contributed by atoms with van der Waals surface area (Å²) in [5.41, 5.74) is 3.71. The van der Waals surface area contributed by atoms with Gasteiger partial charge in [0, 0.05) is 40.4 Å². The van der Waals surface area contributed by atoms with E-state index in [1.807, 2.05) is 72.5 Å². The minimum absolute atomic E-state index is 0.360. The van der Waals surface area contributed by atoms with Crippen LogP contribution in [0.5, 0.6) is 5.75 Å². The van der Waals surface area contributed by atoms with Crippen molar-refractivity contribution in [2.75, 3.05) is 0 Å². The molecule has 0 aliphatic carbocycles. The number of fused-ring (bicyclic) bond motifs is 6. The number of halogens is 1. The van der Waals surface area contributed by atoms with E-state index in [1.54, 1.807) is 12.5 Å². The Labute approximate surface area is 199 Å². The summed E-state index contributed by atoms with van der Waals surface area (Å²) in [6.45, 7) is 0.360. The van der Waals surface area contributed by atoms with E-state index in [-0.39, 0.29) is 0 Å². The molecule has 3 aromatic carbocycles. The van der Waals surface area contributed by atoms with Crippen molar-refractivity contribution in [3.8, 4) is 16.9 Å². The van der Waals surface area contributed by atoms with E-state index in [0.29, 0.717) is 12.3 Å². The van der Waals surface area contributed by atoms with Crippen molar-refractivity contribution in [1.29, 1.82) is 0 Å². The van der Waals surface area contributed by atoms with E-state index in [2.05, 4.69) is 38.0 Å². The topological polar surface area (TPSA) is 60.2 Å². The highest BCUT2D eigenvalue weighted by Gasteiger charge is 2.37.